The minimum Gasteiger partial charge on any atom is -0.370 e. The molecule has 2 aromatic rings. The second kappa shape index (κ2) is 9.10. The molecule has 2 atom stereocenters. The summed E-state index contributed by atoms with van der Waals surface area (Å²) in [6.45, 7) is 5.78. The minimum absolute atomic E-state index is 0.0637. The highest BCUT2D eigenvalue weighted by atomic mass is 35.5. The van der Waals surface area contributed by atoms with Gasteiger partial charge in [-0.2, -0.15) is 4.39 Å². The maximum absolute atomic E-state index is 15.1. The lowest BCUT2D eigenvalue weighted by atomic mass is 9.87. The third-order valence-corrected chi connectivity index (χ3v) is 8.76. The predicted molar refractivity (Wildman–Crippen MR) is 126 cm³/mol. The Morgan fingerprint density at radius 3 is 2.74 bits per heavy atom. The van der Waals surface area contributed by atoms with Crippen LogP contribution in [0.1, 0.15) is 26.2 Å². The van der Waals surface area contributed by atoms with Gasteiger partial charge in [0.15, 0.2) is 10.7 Å². The lowest BCUT2D eigenvalue weighted by molar-refractivity contribution is -0.0196. The van der Waals surface area contributed by atoms with Gasteiger partial charge in [0.25, 0.3) is 10.0 Å². The van der Waals surface area contributed by atoms with Crippen molar-refractivity contribution in [1.82, 2.24) is 9.88 Å². The molecule has 5 rings (SSSR count). The summed E-state index contributed by atoms with van der Waals surface area (Å²) in [7, 11) is -4.75. The fourth-order valence-electron chi connectivity index (χ4n) is 5.35. The molecular formula is C23H26ClF3N4O3S. The molecule has 0 unspecified atom stereocenters. The molecule has 1 aromatic heterocycles. The quantitative estimate of drug-likeness (QED) is 0.465. The van der Waals surface area contributed by atoms with Gasteiger partial charge in [0, 0.05) is 31.7 Å². The molecule has 1 spiro atoms. The van der Waals surface area contributed by atoms with Gasteiger partial charge < -0.3 is 9.64 Å². The van der Waals surface area contributed by atoms with E-state index in [2.05, 4.69) is 16.8 Å². The average Bonchev–Trinajstić information content (AvgIpc) is 3.21. The maximum Gasteiger partial charge on any atom is 0.268 e. The number of benzene rings is 1. The van der Waals surface area contributed by atoms with Crippen LogP contribution in [0.2, 0.25) is 5.02 Å². The highest BCUT2D eigenvalue weighted by molar-refractivity contribution is 7.92. The van der Waals surface area contributed by atoms with Gasteiger partial charge in [-0.05, 0) is 43.9 Å². The lowest BCUT2D eigenvalue weighted by Gasteiger charge is -2.49. The van der Waals surface area contributed by atoms with Crippen molar-refractivity contribution in [3.8, 4) is 0 Å². The predicted octanol–water partition coefficient (Wildman–Crippen LogP) is 4.03. The smallest absolute Gasteiger partial charge is 0.268 e. The molecule has 0 saturated carbocycles. The van der Waals surface area contributed by atoms with Crippen LogP contribution in [0.5, 0.6) is 0 Å². The summed E-state index contributed by atoms with van der Waals surface area (Å²) in [4.78, 5) is 6.27. The van der Waals surface area contributed by atoms with Gasteiger partial charge in [-0.15, -0.1) is 0 Å². The normalized spacial score (nSPS) is 24.5. The van der Waals surface area contributed by atoms with Crippen molar-refractivity contribution >= 4 is 33.1 Å². The molecule has 190 valence electrons. The van der Waals surface area contributed by atoms with E-state index in [0.29, 0.717) is 31.7 Å². The SMILES string of the molecule is C[C@@H]1CCCN([C@@H]2COC3(C2)CN(c2cc(F)c(S(=O)(=O)Nc4cccc(F)n4)c(F)c2Cl)C3)C1. The summed E-state index contributed by atoms with van der Waals surface area (Å²) >= 11 is 6.17. The number of nitrogens with one attached hydrogen (secondary N) is 1. The van der Waals surface area contributed by atoms with E-state index in [0.717, 1.165) is 37.7 Å². The first-order valence-corrected chi connectivity index (χ1v) is 13.4. The van der Waals surface area contributed by atoms with Crippen LogP contribution in [0.4, 0.5) is 24.7 Å². The highest BCUT2D eigenvalue weighted by Gasteiger charge is 2.52. The number of anilines is 2. The Bertz CT molecular complexity index is 1240. The Morgan fingerprint density at radius 1 is 1.26 bits per heavy atom. The molecule has 7 nitrogen and oxygen atoms in total. The molecule has 35 heavy (non-hydrogen) atoms. The summed E-state index contributed by atoms with van der Waals surface area (Å²) in [5.74, 6) is -3.43. The number of piperidine rings is 1. The number of halogens is 4. The average molecular weight is 531 g/mol. The molecule has 0 radical (unpaired) electrons. The van der Waals surface area contributed by atoms with Crippen molar-refractivity contribution in [2.24, 2.45) is 5.92 Å². The Kier molecular flexibility index (Phi) is 6.40. The van der Waals surface area contributed by atoms with Gasteiger partial charge in [0.05, 0.1) is 12.3 Å². The Morgan fingerprint density at radius 2 is 2.03 bits per heavy atom. The zero-order chi connectivity index (χ0) is 25.0. The monoisotopic (exact) mass is 530 g/mol. The number of rotatable bonds is 5. The lowest BCUT2D eigenvalue weighted by Crippen LogP contribution is -2.62. The number of sulfonamides is 1. The van der Waals surface area contributed by atoms with Crippen LogP contribution in [0.15, 0.2) is 29.2 Å². The number of likely N-dealkylation sites (tertiary alicyclic amines) is 1. The molecule has 4 heterocycles. The topological polar surface area (TPSA) is 74.8 Å². The van der Waals surface area contributed by atoms with Crippen molar-refractivity contribution in [1.29, 1.82) is 0 Å². The molecule has 1 aromatic carbocycles. The molecule has 3 fully saturated rings. The molecule has 12 heteroatoms. The van der Waals surface area contributed by atoms with E-state index in [4.69, 9.17) is 16.3 Å². The number of pyridine rings is 1. The van der Waals surface area contributed by atoms with Gasteiger partial charge in [0.2, 0.25) is 5.95 Å². The zero-order valence-corrected chi connectivity index (χ0v) is 20.7. The summed E-state index contributed by atoms with van der Waals surface area (Å²) in [5, 5.41) is -0.506. The summed E-state index contributed by atoms with van der Waals surface area (Å²) in [6, 6.07) is 4.60. The fraction of sp³-hybridized carbons (Fsp3) is 0.522. The van der Waals surface area contributed by atoms with Crippen molar-refractivity contribution in [2.75, 3.05) is 42.4 Å². The van der Waals surface area contributed by atoms with Crippen LogP contribution in [0.25, 0.3) is 0 Å². The Labute approximate surface area is 207 Å². The number of nitrogens with zero attached hydrogens (tertiary/aromatic N) is 3. The summed E-state index contributed by atoms with van der Waals surface area (Å²) < 4.78 is 76.6. The van der Waals surface area contributed by atoms with Crippen molar-refractivity contribution in [2.45, 2.75) is 42.7 Å². The van der Waals surface area contributed by atoms with Crippen molar-refractivity contribution < 1.29 is 26.3 Å². The second-order valence-electron chi connectivity index (χ2n) is 9.74. The number of hydrogen-bond acceptors (Lipinski definition) is 6. The molecule has 3 aliphatic heterocycles. The molecule has 0 amide bonds. The van der Waals surface area contributed by atoms with Crippen LogP contribution in [0, 0.1) is 23.5 Å². The molecule has 1 N–H and O–H groups in total. The van der Waals surface area contributed by atoms with Crippen molar-refractivity contribution in [3.63, 3.8) is 0 Å². The molecule has 0 aliphatic carbocycles. The summed E-state index contributed by atoms with van der Waals surface area (Å²) in [6.07, 6.45) is 3.23. The first-order valence-electron chi connectivity index (χ1n) is 11.5. The van der Waals surface area contributed by atoms with Gasteiger partial charge >= 0.3 is 0 Å². The number of ether oxygens (including phenoxy) is 1. The van der Waals surface area contributed by atoms with E-state index in [9.17, 15) is 17.2 Å². The van der Waals surface area contributed by atoms with E-state index < -0.39 is 48.9 Å². The molecule has 3 saturated heterocycles. The Hall–Kier alpha value is -2.08. The van der Waals surface area contributed by atoms with E-state index in [1.54, 1.807) is 4.90 Å². The zero-order valence-electron chi connectivity index (χ0n) is 19.1. The van der Waals surface area contributed by atoms with Crippen LogP contribution < -0.4 is 9.62 Å². The van der Waals surface area contributed by atoms with Crippen molar-refractivity contribution in [3.05, 3.63) is 46.9 Å². The van der Waals surface area contributed by atoms with E-state index in [1.165, 1.54) is 18.9 Å². The van der Waals surface area contributed by atoms with Crippen LogP contribution in [0.3, 0.4) is 0 Å². The second-order valence-corrected chi connectivity index (χ2v) is 11.7. The Balaban J connectivity index is 1.31. The first kappa shape index (κ1) is 24.6. The van der Waals surface area contributed by atoms with E-state index >= 15 is 4.39 Å². The largest absolute Gasteiger partial charge is 0.370 e. The standard InChI is InChI=1S/C23H26ClF3N4O3S/c1-14-4-3-7-30(10-14)15-9-23(34-11-15)12-31(13-23)17-8-16(25)22(21(27)20(17)24)35(32,33)29-19-6-2-5-18(26)28-19/h2,5-6,8,14-15H,3-4,7,9-13H2,1H3,(H,28,29)/t14-,15+/m1/s1. The maximum atomic E-state index is 15.1. The summed E-state index contributed by atoms with van der Waals surface area (Å²) in [5.41, 5.74) is -0.342. The fourth-order valence-corrected chi connectivity index (χ4v) is 6.82. The minimum atomic E-state index is -4.75. The molecular weight excluding hydrogens is 505 g/mol. The first-order chi connectivity index (χ1) is 16.6. The van der Waals surface area contributed by atoms with Gasteiger partial charge in [-0.25, -0.2) is 22.2 Å². The molecule has 0 bridgehead atoms. The van der Waals surface area contributed by atoms with Gasteiger partial charge in [-0.3, -0.25) is 9.62 Å². The highest BCUT2D eigenvalue weighted by Crippen LogP contribution is 2.44. The molecule has 3 aliphatic rings. The van der Waals surface area contributed by atoms with Gasteiger partial charge in [0.1, 0.15) is 22.3 Å². The number of hydrogen-bond donors (Lipinski definition) is 1. The third-order valence-electron chi connectivity index (χ3n) is 7.01. The third kappa shape index (κ3) is 4.71. The van der Waals surface area contributed by atoms with Gasteiger partial charge in [-0.1, -0.05) is 24.6 Å². The van der Waals surface area contributed by atoms with Crippen LogP contribution in [-0.4, -0.2) is 62.7 Å². The van der Waals surface area contributed by atoms with Crippen LogP contribution >= 0.6 is 11.6 Å². The van der Waals surface area contributed by atoms with E-state index in [-0.39, 0.29) is 5.69 Å². The van der Waals surface area contributed by atoms with Crippen LogP contribution in [-0.2, 0) is 14.8 Å². The van der Waals surface area contributed by atoms with E-state index in [1.807, 2.05) is 4.72 Å². The number of aromatic nitrogens is 1.